The van der Waals surface area contributed by atoms with Crippen molar-refractivity contribution in [2.75, 3.05) is 11.4 Å². The van der Waals surface area contributed by atoms with E-state index < -0.39 is 5.82 Å². The minimum absolute atomic E-state index is 0.210. The molecule has 23 heavy (non-hydrogen) atoms. The summed E-state index contributed by atoms with van der Waals surface area (Å²) in [6, 6.07) is 5.43. The second kappa shape index (κ2) is 5.30. The van der Waals surface area contributed by atoms with Gasteiger partial charge in [0.15, 0.2) is 11.5 Å². The molecular weight excluding hydrogens is 298 g/mol. The van der Waals surface area contributed by atoms with Gasteiger partial charge in [0.05, 0.1) is 11.4 Å². The van der Waals surface area contributed by atoms with Crippen LogP contribution < -0.4 is 4.90 Å². The van der Waals surface area contributed by atoms with Crippen LogP contribution in [0.2, 0.25) is 0 Å². The van der Waals surface area contributed by atoms with E-state index in [0.29, 0.717) is 11.2 Å². The van der Waals surface area contributed by atoms with E-state index >= 15 is 0 Å². The monoisotopic (exact) mass is 314 g/mol. The van der Waals surface area contributed by atoms with Gasteiger partial charge in [0.25, 0.3) is 0 Å². The van der Waals surface area contributed by atoms with E-state index in [0.717, 1.165) is 42.2 Å². The quantitative estimate of drug-likeness (QED) is 0.780. The average Bonchev–Trinajstić information content (AvgIpc) is 3.15. The van der Waals surface area contributed by atoms with E-state index in [9.17, 15) is 8.78 Å². The lowest BCUT2D eigenvalue weighted by atomic mass is 10.0. The number of hydrogen-bond donors (Lipinski definition) is 1. The molecule has 1 saturated heterocycles. The van der Waals surface area contributed by atoms with Crippen LogP contribution in [0.3, 0.4) is 0 Å². The van der Waals surface area contributed by atoms with Crippen LogP contribution in [0.4, 0.5) is 14.6 Å². The fourth-order valence-corrected chi connectivity index (χ4v) is 3.33. The minimum Gasteiger partial charge on any atom is -0.347 e. The fourth-order valence-electron chi connectivity index (χ4n) is 3.33. The van der Waals surface area contributed by atoms with Crippen molar-refractivity contribution in [3.8, 4) is 0 Å². The Balaban J connectivity index is 1.80. The SMILES string of the molecule is Cc1cnc2[nH]nc(N3CCC[C@@H]3c3cc(F)ccc3F)c2c1. The molecule has 1 aromatic carbocycles. The first-order valence-electron chi connectivity index (χ1n) is 7.66. The molecule has 0 aliphatic carbocycles. The standard InChI is InChI=1S/C17H16F2N4/c1-10-7-13-16(20-9-10)21-22-17(13)23-6-2-3-15(23)12-8-11(18)4-5-14(12)19/h4-5,7-9,15H,2-3,6H2,1H3,(H,20,21,22)/t15-/m1/s1. The van der Waals surface area contributed by atoms with Crippen LogP contribution in [-0.4, -0.2) is 21.7 Å². The molecule has 0 unspecified atom stereocenters. The molecule has 1 fully saturated rings. The predicted octanol–water partition coefficient (Wildman–Crippen LogP) is 3.89. The molecule has 1 aliphatic rings. The fraction of sp³-hybridized carbons (Fsp3) is 0.294. The number of anilines is 1. The first-order chi connectivity index (χ1) is 11.1. The lowest BCUT2D eigenvalue weighted by Gasteiger charge is -2.25. The molecule has 0 bridgehead atoms. The number of H-pyrrole nitrogens is 1. The third kappa shape index (κ3) is 2.34. The maximum Gasteiger partial charge on any atom is 0.160 e. The van der Waals surface area contributed by atoms with Crippen LogP contribution in [0.1, 0.15) is 30.0 Å². The summed E-state index contributed by atoms with van der Waals surface area (Å²) in [5.74, 6) is -0.0440. The van der Waals surface area contributed by atoms with Crippen molar-refractivity contribution >= 4 is 16.9 Å². The Hall–Kier alpha value is -2.50. The molecule has 4 rings (SSSR count). The van der Waals surface area contributed by atoms with E-state index in [4.69, 9.17) is 0 Å². The number of halogens is 2. The topological polar surface area (TPSA) is 44.8 Å². The maximum atomic E-state index is 14.2. The van der Waals surface area contributed by atoms with Crippen LogP contribution in [0.15, 0.2) is 30.5 Å². The summed E-state index contributed by atoms with van der Waals surface area (Å²) >= 11 is 0. The highest BCUT2D eigenvalue weighted by Gasteiger charge is 2.31. The Morgan fingerprint density at radius 1 is 1.26 bits per heavy atom. The third-order valence-corrected chi connectivity index (χ3v) is 4.37. The Bertz CT molecular complexity index is 874. The molecular formula is C17H16F2N4. The number of fused-ring (bicyclic) bond motifs is 1. The van der Waals surface area contributed by atoms with Crippen molar-refractivity contribution in [2.24, 2.45) is 0 Å². The van der Waals surface area contributed by atoms with Crippen LogP contribution in [-0.2, 0) is 0 Å². The summed E-state index contributed by atoms with van der Waals surface area (Å²) in [6.45, 7) is 2.73. The van der Waals surface area contributed by atoms with E-state index in [1.165, 1.54) is 12.1 Å². The molecule has 118 valence electrons. The van der Waals surface area contributed by atoms with Crippen LogP contribution in [0, 0.1) is 18.6 Å². The molecule has 1 aliphatic heterocycles. The predicted molar refractivity (Wildman–Crippen MR) is 84.3 cm³/mol. The molecule has 2 aromatic heterocycles. The minimum atomic E-state index is -0.419. The highest BCUT2D eigenvalue weighted by Crippen LogP contribution is 2.39. The summed E-state index contributed by atoms with van der Waals surface area (Å²) in [7, 11) is 0. The number of rotatable bonds is 2. The molecule has 0 saturated carbocycles. The molecule has 0 radical (unpaired) electrons. The number of nitrogens with one attached hydrogen (secondary N) is 1. The number of aryl methyl sites for hydroxylation is 1. The molecule has 0 spiro atoms. The molecule has 0 amide bonds. The Kier molecular flexibility index (Phi) is 3.25. The first-order valence-corrected chi connectivity index (χ1v) is 7.66. The van der Waals surface area contributed by atoms with Crippen molar-refractivity contribution in [1.82, 2.24) is 15.2 Å². The van der Waals surface area contributed by atoms with Gasteiger partial charge in [-0.15, -0.1) is 0 Å². The summed E-state index contributed by atoms with van der Waals surface area (Å²) in [6.07, 6.45) is 3.46. The summed E-state index contributed by atoms with van der Waals surface area (Å²) < 4.78 is 27.7. The van der Waals surface area contributed by atoms with Crippen LogP contribution in [0.5, 0.6) is 0 Å². The number of aromatic nitrogens is 3. The van der Waals surface area contributed by atoms with Crippen LogP contribution >= 0.6 is 0 Å². The highest BCUT2D eigenvalue weighted by molar-refractivity contribution is 5.88. The van der Waals surface area contributed by atoms with Gasteiger partial charge in [-0.25, -0.2) is 13.8 Å². The third-order valence-electron chi connectivity index (χ3n) is 4.37. The summed E-state index contributed by atoms with van der Waals surface area (Å²) in [5.41, 5.74) is 2.13. The second-order valence-electron chi connectivity index (χ2n) is 5.97. The number of nitrogens with zero attached hydrogens (tertiary/aromatic N) is 3. The zero-order valence-corrected chi connectivity index (χ0v) is 12.7. The van der Waals surface area contributed by atoms with E-state index in [1.807, 2.05) is 17.9 Å². The van der Waals surface area contributed by atoms with E-state index in [1.54, 1.807) is 6.20 Å². The zero-order valence-electron chi connectivity index (χ0n) is 12.7. The second-order valence-corrected chi connectivity index (χ2v) is 5.97. The van der Waals surface area contributed by atoms with Crippen molar-refractivity contribution < 1.29 is 8.78 Å². The normalized spacial score (nSPS) is 18.0. The first kappa shape index (κ1) is 14.1. The summed E-state index contributed by atoms with van der Waals surface area (Å²) in [5, 5.41) is 8.20. The maximum absolute atomic E-state index is 14.2. The number of benzene rings is 1. The highest BCUT2D eigenvalue weighted by atomic mass is 19.1. The molecule has 1 N–H and O–H groups in total. The average molecular weight is 314 g/mol. The Labute approximate surface area is 132 Å². The number of pyridine rings is 1. The smallest absolute Gasteiger partial charge is 0.160 e. The van der Waals surface area contributed by atoms with Gasteiger partial charge in [0.1, 0.15) is 11.6 Å². The Morgan fingerprint density at radius 3 is 3.00 bits per heavy atom. The van der Waals surface area contributed by atoms with Gasteiger partial charge >= 0.3 is 0 Å². The van der Waals surface area contributed by atoms with Gasteiger partial charge in [0.2, 0.25) is 0 Å². The van der Waals surface area contributed by atoms with Gasteiger partial charge in [-0.2, -0.15) is 5.10 Å². The molecule has 4 nitrogen and oxygen atoms in total. The zero-order chi connectivity index (χ0) is 16.0. The lowest BCUT2D eigenvalue weighted by Crippen LogP contribution is -2.24. The van der Waals surface area contributed by atoms with Gasteiger partial charge in [0, 0.05) is 18.3 Å². The molecule has 3 heterocycles. The van der Waals surface area contributed by atoms with Crippen molar-refractivity contribution in [3.63, 3.8) is 0 Å². The molecule has 6 heteroatoms. The summed E-state index contributed by atoms with van der Waals surface area (Å²) in [4.78, 5) is 6.36. The Morgan fingerprint density at radius 2 is 2.13 bits per heavy atom. The molecule has 3 aromatic rings. The molecule has 1 atom stereocenters. The van der Waals surface area contributed by atoms with Crippen molar-refractivity contribution in [1.29, 1.82) is 0 Å². The van der Waals surface area contributed by atoms with Gasteiger partial charge in [-0.3, -0.25) is 5.10 Å². The van der Waals surface area contributed by atoms with Gasteiger partial charge in [-0.1, -0.05) is 0 Å². The van der Waals surface area contributed by atoms with Crippen molar-refractivity contribution in [2.45, 2.75) is 25.8 Å². The van der Waals surface area contributed by atoms with E-state index in [2.05, 4.69) is 15.2 Å². The van der Waals surface area contributed by atoms with Crippen molar-refractivity contribution in [3.05, 3.63) is 53.2 Å². The lowest BCUT2D eigenvalue weighted by molar-refractivity contribution is 0.560. The number of aromatic amines is 1. The van der Waals surface area contributed by atoms with Gasteiger partial charge in [-0.05, 0) is 49.6 Å². The number of hydrogen-bond acceptors (Lipinski definition) is 3. The van der Waals surface area contributed by atoms with Crippen LogP contribution in [0.25, 0.3) is 11.0 Å². The van der Waals surface area contributed by atoms with Gasteiger partial charge < -0.3 is 4.90 Å². The largest absolute Gasteiger partial charge is 0.347 e. The van der Waals surface area contributed by atoms with E-state index in [-0.39, 0.29) is 11.9 Å².